The molecule has 13 heavy (non-hydrogen) atoms. The summed E-state index contributed by atoms with van der Waals surface area (Å²) < 4.78 is 0. The van der Waals surface area contributed by atoms with Crippen molar-refractivity contribution in [2.75, 3.05) is 6.54 Å². The molecule has 2 rings (SSSR count). The Hall–Kier alpha value is -1.73. The summed E-state index contributed by atoms with van der Waals surface area (Å²) in [5.74, 6) is 2.57. The Morgan fingerprint density at radius 3 is 3.08 bits per heavy atom. The minimum Gasteiger partial charge on any atom is -0.385 e. The zero-order valence-corrected chi connectivity index (χ0v) is 7.13. The van der Waals surface area contributed by atoms with Crippen molar-refractivity contribution in [3.8, 4) is 0 Å². The predicted molar refractivity (Wildman–Crippen MR) is 50.3 cm³/mol. The van der Waals surface area contributed by atoms with Crippen molar-refractivity contribution >= 4 is 5.94 Å². The van der Waals surface area contributed by atoms with Crippen LogP contribution in [0.3, 0.4) is 0 Å². The van der Waals surface area contributed by atoms with E-state index in [1.807, 2.05) is 12.0 Å². The zero-order chi connectivity index (χ0) is 9.26. The van der Waals surface area contributed by atoms with Crippen LogP contribution in [0.2, 0.25) is 0 Å². The van der Waals surface area contributed by atoms with Crippen molar-refractivity contribution in [3.63, 3.8) is 0 Å². The molecule has 0 atom stereocenters. The molecule has 0 amide bonds. The highest BCUT2D eigenvalue weighted by Crippen LogP contribution is 2.27. The number of dihydropyridines is 1. The normalized spacial score (nSPS) is 20.3. The molecule has 0 saturated carbocycles. The molecule has 0 saturated heterocycles. The monoisotopic (exact) mass is 174 g/mol. The van der Waals surface area contributed by atoms with E-state index in [0.29, 0.717) is 17.8 Å². The van der Waals surface area contributed by atoms with Gasteiger partial charge >= 0.3 is 0 Å². The van der Waals surface area contributed by atoms with Crippen LogP contribution in [0.5, 0.6) is 0 Å². The number of nitrogens with one attached hydrogen (secondary N) is 1. The minimum absolute atomic E-state index is 0.588. The summed E-state index contributed by atoms with van der Waals surface area (Å²) >= 11 is 0. The smallest absolute Gasteiger partial charge is 0.128 e. The Balaban J connectivity index is 2.47. The summed E-state index contributed by atoms with van der Waals surface area (Å²) in [5.41, 5.74) is 8.54. The quantitative estimate of drug-likeness (QED) is 0.523. The second-order valence-corrected chi connectivity index (χ2v) is 3.07. The van der Waals surface area contributed by atoms with Gasteiger partial charge in [0.15, 0.2) is 0 Å². The van der Waals surface area contributed by atoms with Gasteiger partial charge in [-0.25, -0.2) is 4.79 Å². The van der Waals surface area contributed by atoms with E-state index in [1.165, 1.54) is 0 Å². The average Bonchev–Trinajstić information content (AvgIpc) is 2.18. The number of hydrogen-bond acceptors (Lipinski definition) is 3. The van der Waals surface area contributed by atoms with Crippen LogP contribution in [-0.4, -0.2) is 12.5 Å². The van der Waals surface area contributed by atoms with E-state index in [-0.39, 0.29) is 0 Å². The van der Waals surface area contributed by atoms with Crippen LogP contribution in [0.4, 0.5) is 0 Å². The maximum Gasteiger partial charge on any atom is 0.128 e. The van der Waals surface area contributed by atoms with E-state index < -0.39 is 0 Å². The van der Waals surface area contributed by atoms with Crippen LogP contribution in [-0.2, 0) is 4.79 Å². The van der Waals surface area contributed by atoms with E-state index in [4.69, 9.17) is 5.73 Å². The van der Waals surface area contributed by atoms with E-state index >= 15 is 0 Å². The van der Waals surface area contributed by atoms with Crippen LogP contribution >= 0.6 is 0 Å². The summed E-state index contributed by atoms with van der Waals surface area (Å²) in [6.07, 6.45) is 6.35. The van der Waals surface area contributed by atoms with Gasteiger partial charge in [-0.2, -0.15) is 0 Å². The van der Waals surface area contributed by atoms with Crippen LogP contribution in [0.1, 0.15) is 6.42 Å². The fraction of sp³-hybridized carbons (Fsp3) is 0.200. The number of fused-ring (bicyclic) bond motifs is 1. The summed E-state index contributed by atoms with van der Waals surface area (Å²) in [6, 6.07) is 0. The Bertz CT molecular complexity index is 382. The largest absolute Gasteiger partial charge is 0.385 e. The highest BCUT2D eigenvalue weighted by atomic mass is 16.1. The van der Waals surface area contributed by atoms with Crippen LogP contribution in [0.25, 0.3) is 0 Å². The lowest BCUT2D eigenvalue weighted by molar-refractivity contribution is 0.567. The van der Waals surface area contributed by atoms with E-state index in [0.717, 1.165) is 17.7 Å². The molecule has 3 nitrogen and oxygen atoms in total. The average molecular weight is 174 g/mol. The van der Waals surface area contributed by atoms with Crippen molar-refractivity contribution in [2.45, 2.75) is 6.42 Å². The van der Waals surface area contributed by atoms with Gasteiger partial charge < -0.3 is 11.1 Å². The molecule has 0 bridgehead atoms. The van der Waals surface area contributed by atoms with Gasteiger partial charge in [-0.15, -0.1) is 0 Å². The topological polar surface area (TPSA) is 55.1 Å². The molecule has 0 aromatic carbocycles. The number of carbonyl (C=O) groups excluding carboxylic acids is 1. The fourth-order valence-electron chi connectivity index (χ4n) is 1.53. The van der Waals surface area contributed by atoms with Crippen molar-refractivity contribution < 1.29 is 4.79 Å². The van der Waals surface area contributed by atoms with E-state index in [1.54, 1.807) is 6.08 Å². The zero-order valence-electron chi connectivity index (χ0n) is 7.13. The molecular weight excluding hydrogens is 164 g/mol. The fourth-order valence-corrected chi connectivity index (χ4v) is 1.53. The lowest BCUT2D eigenvalue weighted by Crippen LogP contribution is -2.27. The summed E-state index contributed by atoms with van der Waals surface area (Å²) in [6.45, 7) is 0.759. The van der Waals surface area contributed by atoms with Crippen molar-refractivity contribution in [2.24, 2.45) is 5.73 Å². The predicted octanol–water partition coefficient (Wildman–Crippen LogP) is 0.404. The Kier molecular flexibility index (Phi) is 1.80. The SMILES string of the molecule is NC1=C2CC(=C=O)C=CC2=CCN1. The maximum absolute atomic E-state index is 10.4. The molecule has 3 N–H and O–H groups in total. The van der Waals surface area contributed by atoms with Gasteiger partial charge in [0.1, 0.15) is 11.8 Å². The molecule has 2 aliphatic rings. The van der Waals surface area contributed by atoms with Gasteiger partial charge in [0.2, 0.25) is 0 Å². The van der Waals surface area contributed by atoms with Crippen LogP contribution < -0.4 is 11.1 Å². The molecule has 0 aromatic heterocycles. The molecule has 1 aliphatic heterocycles. The standard InChI is InChI=1S/C10H10N2O/c11-10-9-5-7(6-13)1-2-8(9)3-4-12-10/h1-3,12H,4-5,11H2. The van der Waals surface area contributed by atoms with Crippen molar-refractivity contribution in [3.05, 3.63) is 40.8 Å². The molecule has 3 heteroatoms. The number of hydrogen-bond donors (Lipinski definition) is 2. The maximum atomic E-state index is 10.4. The highest BCUT2D eigenvalue weighted by Gasteiger charge is 2.16. The number of nitrogens with two attached hydrogens (primary N) is 1. The third kappa shape index (κ3) is 1.30. The molecule has 0 fully saturated rings. The molecule has 1 aliphatic carbocycles. The third-order valence-electron chi connectivity index (χ3n) is 2.25. The Labute approximate surface area is 76.3 Å². The first-order valence-corrected chi connectivity index (χ1v) is 4.16. The molecule has 0 aromatic rings. The molecule has 0 radical (unpaired) electrons. The van der Waals surface area contributed by atoms with Crippen molar-refractivity contribution in [1.29, 1.82) is 0 Å². The molecule has 0 unspecified atom stereocenters. The van der Waals surface area contributed by atoms with Gasteiger partial charge in [0.25, 0.3) is 0 Å². The van der Waals surface area contributed by atoms with E-state index in [9.17, 15) is 4.79 Å². The molecule has 1 heterocycles. The number of rotatable bonds is 0. The first kappa shape index (κ1) is 7.90. The van der Waals surface area contributed by atoms with Crippen molar-refractivity contribution in [1.82, 2.24) is 5.32 Å². The van der Waals surface area contributed by atoms with Gasteiger partial charge in [-0.1, -0.05) is 12.2 Å². The summed E-state index contributed by atoms with van der Waals surface area (Å²) in [5, 5.41) is 3.03. The third-order valence-corrected chi connectivity index (χ3v) is 2.25. The second kappa shape index (κ2) is 2.96. The van der Waals surface area contributed by atoms with Gasteiger partial charge in [-0.05, 0) is 11.6 Å². The summed E-state index contributed by atoms with van der Waals surface area (Å²) in [7, 11) is 0. The minimum atomic E-state index is 0.588. The number of allylic oxidation sites excluding steroid dienone is 5. The summed E-state index contributed by atoms with van der Waals surface area (Å²) in [4.78, 5) is 10.4. The molecule has 0 spiro atoms. The van der Waals surface area contributed by atoms with E-state index in [2.05, 4.69) is 11.4 Å². The van der Waals surface area contributed by atoms with Gasteiger partial charge in [-0.3, -0.25) is 0 Å². The van der Waals surface area contributed by atoms with Gasteiger partial charge in [0, 0.05) is 24.1 Å². The Morgan fingerprint density at radius 1 is 1.46 bits per heavy atom. The molecular formula is C10H10N2O. The second-order valence-electron chi connectivity index (χ2n) is 3.07. The first-order valence-electron chi connectivity index (χ1n) is 4.16. The molecule has 66 valence electrons. The first-order chi connectivity index (χ1) is 6.31. The van der Waals surface area contributed by atoms with Crippen LogP contribution in [0, 0.1) is 0 Å². The lowest BCUT2D eigenvalue weighted by atomic mass is 9.91. The Morgan fingerprint density at radius 2 is 2.31 bits per heavy atom. The highest BCUT2D eigenvalue weighted by molar-refractivity contribution is 5.64. The lowest BCUT2D eigenvalue weighted by Gasteiger charge is -2.21. The van der Waals surface area contributed by atoms with Crippen LogP contribution in [0.15, 0.2) is 40.8 Å². The van der Waals surface area contributed by atoms with Gasteiger partial charge in [0.05, 0.1) is 0 Å².